The molecule has 4 heteroatoms. The fourth-order valence-corrected chi connectivity index (χ4v) is 1.78. The number of methoxy groups -OCH3 is 1. The highest BCUT2D eigenvalue weighted by Crippen LogP contribution is 2.31. The zero-order valence-electron chi connectivity index (χ0n) is 10.4. The molecule has 0 aliphatic rings. The van der Waals surface area contributed by atoms with Gasteiger partial charge in [0.2, 0.25) is 0 Å². The van der Waals surface area contributed by atoms with E-state index in [0.29, 0.717) is 5.56 Å². The predicted molar refractivity (Wildman–Crippen MR) is 75.0 cm³/mol. The Bertz CT molecular complexity index is 606. The fraction of sp³-hybridized carbons (Fsp3) is 0.0667. The van der Waals surface area contributed by atoms with E-state index in [4.69, 9.17) is 4.74 Å². The lowest BCUT2D eigenvalue weighted by Crippen LogP contribution is -1.95. The Hall–Kier alpha value is -2.62. The molecule has 0 aromatic heterocycles. The van der Waals surface area contributed by atoms with Gasteiger partial charge in [0.05, 0.1) is 17.6 Å². The Morgan fingerprint density at radius 2 is 1.79 bits per heavy atom. The average Bonchev–Trinajstić information content (AvgIpc) is 2.45. The van der Waals surface area contributed by atoms with Crippen molar-refractivity contribution in [2.45, 2.75) is 0 Å². The van der Waals surface area contributed by atoms with Crippen LogP contribution in [0.5, 0.6) is 5.75 Å². The molecule has 0 N–H and O–H groups in total. The van der Waals surface area contributed by atoms with Crippen LogP contribution in [0.1, 0.15) is 11.1 Å². The Balaban J connectivity index is 2.40. The van der Waals surface area contributed by atoms with Gasteiger partial charge < -0.3 is 4.74 Å². The van der Waals surface area contributed by atoms with Gasteiger partial charge in [0.1, 0.15) is 0 Å². The first kappa shape index (κ1) is 12.8. The van der Waals surface area contributed by atoms with Gasteiger partial charge in [0.25, 0.3) is 0 Å². The molecule has 2 aromatic carbocycles. The summed E-state index contributed by atoms with van der Waals surface area (Å²) in [5.41, 5.74) is 1.49. The molecular weight excluding hydrogens is 242 g/mol. The van der Waals surface area contributed by atoms with Gasteiger partial charge in [-0.1, -0.05) is 42.5 Å². The van der Waals surface area contributed by atoms with Crippen LogP contribution in [0.2, 0.25) is 0 Å². The molecule has 0 bridgehead atoms. The van der Waals surface area contributed by atoms with Crippen LogP contribution in [0.3, 0.4) is 0 Å². The van der Waals surface area contributed by atoms with Crippen molar-refractivity contribution in [2.24, 2.45) is 0 Å². The molecule has 96 valence electrons. The van der Waals surface area contributed by atoms with Crippen molar-refractivity contribution in [3.05, 3.63) is 69.8 Å². The van der Waals surface area contributed by atoms with Gasteiger partial charge in [-0.25, -0.2) is 0 Å². The number of rotatable bonds is 4. The first-order chi connectivity index (χ1) is 9.22. The van der Waals surface area contributed by atoms with Crippen LogP contribution < -0.4 is 4.74 Å². The number of nitrogens with zero attached hydrogens (tertiary/aromatic N) is 1. The maximum Gasteiger partial charge on any atom is 0.318 e. The summed E-state index contributed by atoms with van der Waals surface area (Å²) in [5, 5.41) is 11.1. The molecule has 0 aliphatic carbocycles. The predicted octanol–water partition coefficient (Wildman–Crippen LogP) is 3.77. The quantitative estimate of drug-likeness (QED) is 0.474. The summed E-state index contributed by atoms with van der Waals surface area (Å²) in [5.74, 6) is 0.264. The van der Waals surface area contributed by atoms with Gasteiger partial charge in [-0.3, -0.25) is 10.1 Å². The standard InChI is InChI=1S/C15H13NO3/c1-19-14-9-5-8-13(15(14)16(17)18)11-10-12-6-3-2-4-7-12/h2-11H,1H3/b11-10+. The lowest BCUT2D eigenvalue weighted by molar-refractivity contribution is -0.386. The molecule has 0 radical (unpaired) electrons. The van der Waals surface area contributed by atoms with E-state index in [9.17, 15) is 10.1 Å². The van der Waals surface area contributed by atoms with Crippen LogP contribution in [0.15, 0.2) is 48.5 Å². The summed E-state index contributed by atoms with van der Waals surface area (Å²) in [4.78, 5) is 10.7. The molecular formula is C15H13NO3. The van der Waals surface area contributed by atoms with E-state index >= 15 is 0 Å². The molecule has 0 saturated carbocycles. The van der Waals surface area contributed by atoms with Crippen molar-refractivity contribution in [2.75, 3.05) is 7.11 Å². The Morgan fingerprint density at radius 1 is 1.05 bits per heavy atom. The number of para-hydroxylation sites is 1. The van der Waals surface area contributed by atoms with Gasteiger partial charge in [-0.2, -0.15) is 0 Å². The monoisotopic (exact) mass is 255 g/mol. The first-order valence-corrected chi connectivity index (χ1v) is 5.77. The molecule has 2 aromatic rings. The van der Waals surface area contributed by atoms with Crippen LogP contribution in [0.25, 0.3) is 12.2 Å². The highest BCUT2D eigenvalue weighted by Gasteiger charge is 2.18. The fourth-order valence-electron chi connectivity index (χ4n) is 1.78. The molecule has 0 amide bonds. The van der Waals surface area contributed by atoms with E-state index < -0.39 is 4.92 Å². The molecule has 0 heterocycles. The topological polar surface area (TPSA) is 52.4 Å². The van der Waals surface area contributed by atoms with Gasteiger partial charge in [-0.15, -0.1) is 0 Å². The maximum absolute atomic E-state index is 11.1. The van der Waals surface area contributed by atoms with Crippen LogP contribution >= 0.6 is 0 Å². The van der Waals surface area contributed by atoms with Crippen molar-refractivity contribution in [1.82, 2.24) is 0 Å². The molecule has 0 atom stereocenters. The second-order valence-corrected chi connectivity index (χ2v) is 3.90. The van der Waals surface area contributed by atoms with Crippen molar-refractivity contribution in [3.63, 3.8) is 0 Å². The summed E-state index contributed by atoms with van der Waals surface area (Å²) in [7, 11) is 1.42. The highest BCUT2D eigenvalue weighted by molar-refractivity contribution is 5.76. The van der Waals surface area contributed by atoms with Crippen LogP contribution in [-0.2, 0) is 0 Å². The minimum Gasteiger partial charge on any atom is -0.490 e. The largest absolute Gasteiger partial charge is 0.490 e. The smallest absolute Gasteiger partial charge is 0.318 e. The number of benzene rings is 2. The average molecular weight is 255 g/mol. The minimum atomic E-state index is -0.427. The third kappa shape index (κ3) is 2.98. The van der Waals surface area contributed by atoms with Gasteiger partial charge in [0, 0.05) is 0 Å². The molecule has 0 saturated heterocycles. The maximum atomic E-state index is 11.1. The Labute approximate surface area is 111 Å². The van der Waals surface area contributed by atoms with E-state index in [-0.39, 0.29) is 11.4 Å². The van der Waals surface area contributed by atoms with E-state index in [1.54, 1.807) is 24.3 Å². The molecule has 0 unspecified atom stereocenters. The van der Waals surface area contributed by atoms with E-state index in [1.807, 2.05) is 36.4 Å². The van der Waals surface area contributed by atoms with E-state index in [0.717, 1.165) is 5.56 Å². The normalized spacial score (nSPS) is 10.6. The number of nitro groups is 1. The first-order valence-electron chi connectivity index (χ1n) is 5.77. The van der Waals surface area contributed by atoms with Crippen molar-refractivity contribution in [3.8, 4) is 5.75 Å². The summed E-state index contributed by atoms with van der Waals surface area (Å²) in [6.45, 7) is 0. The molecule has 0 fully saturated rings. The summed E-state index contributed by atoms with van der Waals surface area (Å²) in [6.07, 6.45) is 3.55. The molecule has 0 spiro atoms. The molecule has 19 heavy (non-hydrogen) atoms. The minimum absolute atomic E-state index is 0.0165. The van der Waals surface area contributed by atoms with Crippen LogP contribution in [-0.4, -0.2) is 12.0 Å². The number of nitro benzene ring substituents is 1. The molecule has 2 rings (SSSR count). The van der Waals surface area contributed by atoms with Gasteiger partial charge in [-0.05, 0) is 23.8 Å². The molecule has 4 nitrogen and oxygen atoms in total. The zero-order chi connectivity index (χ0) is 13.7. The highest BCUT2D eigenvalue weighted by atomic mass is 16.6. The van der Waals surface area contributed by atoms with Crippen molar-refractivity contribution >= 4 is 17.8 Å². The Kier molecular flexibility index (Phi) is 3.93. The van der Waals surface area contributed by atoms with Gasteiger partial charge >= 0.3 is 5.69 Å². The lowest BCUT2D eigenvalue weighted by Gasteiger charge is -2.03. The zero-order valence-corrected chi connectivity index (χ0v) is 10.4. The SMILES string of the molecule is COc1cccc(/C=C/c2ccccc2)c1[N+](=O)[O-]. The van der Waals surface area contributed by atoms with Gasteiger partial charge in [0.15, 0.2) is 5.75 Å². The third-order valence-corrected chi connectivity index (χ3v) is 2.69. The molecule has 0 aliphatic heterocycles. The second-order valence-electron chi connectivity index (χ2n) is 3.90. The van der Waals surface area contributed by atoms with Crippen molar-refractivity contribution in [1.29, 1.82) is 0 Å². The van der Waals surface area contributed by atoms with E-state index in [1.165, 1.54) is 7.11 Å². The van der Waals surface area contributed by atoms with Crippen LogP contribution in [0.4, 0.5) is 5.69 Å². The lowest BCUT2D eigenvalue weighted by atomic mass is 10.1. The second kappa shape index (κ2) is 5.82. The number of ether oxygens (including phenoxy) is 1. The van der Waals surface area contributed by atoms with E-state index in [2.05, 4.69) is 0 Å². The summed E-state index contributed by atoms with van der Waals surface area (Å²) in [6, 6.07) is 14.6. The van der Waals surface area contributed by atoms with Crippen LogP contribution in [0, 0.1) is 10.1 Å². The third-order valence-electron chi connectivity index (χ3n) is 2.69. The Morgan fingerprint density at radius 3 is 2.42 bits per heavy atom. The van der Waals surface area contributed by atoms with Crippen molar-refractivity contribution < 1.29 is 9.66 Å². The summed E-state index contributed by atoms with van der Waals surface area (Å²) >= 11 is 0. The number of hydrogen-bond donors (Lipinski definition) is 0. The number of hydrogen-bond acceptors (Lipinski definition) is 3. The summed E-state index contributed by atoms with van der Waals surface area (Å²) < 4.78 is 5.02.